The lowest BCUT2D eigenvalue weighted by atomic mass is 10.1. The van der Waals surface area contributed by atoms with Crippen molar-refractivity contribution in [2.24, 2.45) is 0 Å². The SMILES string of the molecule is Nc1nc(Cc2ccccc2Br)ns1. The molecule has 2 rings (SSSR count). The summed E-state index contributed by atoms with van der Waals surface area (Å²) < 4.78 is 5.21. The van der Waals surface area contributed by atoms with Crippen LogP contribution in [0.5, 0.6) is 0 Å². The molecule has 0 bridgehead atoms. The highest BCUT2D eigenvalue weighted by atomic mass is 79.9. The number of nitrogen functional groups attached to an aromatic ring is 1. The van der Waals surface area contributed by atoms with Crippen molar-refractivity contribution < 1.29 is 0 Å². The summed E-state index contributed by atoms with van der Waals surface area (Å²) in [6.07, 6.45) is 0.717. The van der Waals surface area contributed by atoms with Crippen LogP contribution in [-0.4, -0.2) is 9.36 Å². The Morgan fingerprint density at radius 3 is 2.79 bits per heavy atom. The monoisotopic (exact) mass is 269 g/mol. The van der Waals surface area contributed by atoms with Gasteiger partial charge in [0, 0.05) is 22.4 Å². The molecule has 1 aromatic heterocycles. The second kappa shape index (κ2) is 4.06. The smallest absolute Gasteiger partial charge is 0.199 e. The van der Waals surface area contributed by atoms with E-state index in [4.69, 9.17) is 5.73 Å². The van der Waals surface area contributed by atoms with Gasteiger partial charge in [-0.25, -0.2) is 4.98 Å². The number of rotatable bonds is 2. The fourth-order valence-corrected chi connectivity index (χ4v) is 2.03. The number of aromatic nitrogens is 2. The molecule has 3 nitrogen and oxygen atoms in total. The van der Waals surface area contributed by atoms with Crippen LogP contribution in [0.1, 0.15) is 11.4 Å². The van der Waals surface area contributed by atoms with Gasteiger partial charge in [-0.3, -0.25) is 0 Å². The molecule has 0 amide bonds. The van der Waals surface area contributed by atoms with Crippen molar-refractivity contribution in [3.63, 3.8) is 0 Å². The lowest BCUT2D eigenvalue weighted by Crippen LogP contribution is -1.92. The lowest BCUT2D eigenvalue weighted by Gasteiger charge is -1.99. The van der Waals surface area contributed by atoms with Gasteiger partial charge in [0.25, 0.3) is 0 Å². The van der Waals surface area contributed by atoms with Gasteiger partial charge in [0.15, 0.2) is 5.13 Å². The minimum Gasteiger partial charge on any atom is -0.374 e. The van der Waals surface area contributed by atoms with Gasteiger partial charge in [0.2, 0.25) is 0 Å². The van der Waals surface area contributed by atoms with Crippen LogP contribution in [0, 0.1) is 0 Å². The summed E-state index contributed by atoms with van der Waals surface area (Å²) in [5.74, 6) is 0.777. The Balaban J connectivity index is 2.23. The second-order valence-electron chi connectivity index (χ2n) is 2.82. The molecule has 5 heteroatoms. The van der Waals surface area contributed by atoms with Gasteiger partial charge in [-0.2, -0.15) is 4.37 Å². The van der Waals surface area contributed by atoms with Gasteiger partial charge in [-0.15, -0.1) is 0 Å². The first-order valence-corrected chi connectivity index (χ1v) is 5.64. The van der Waals surface area contributed by atoms with Gasteiger partial charge in [-0.1, -0.05) is 34.1 Å². The topological polar surface area (TPSA) is 51.8 Å². The molecule has 0 saturated carbocycles. The van der Waals surface area contributed by atoms with Crippen LogP contribution in [0.15, 0.2) is 28.7 Å². The number of hydrogen-bond acceptors (Lipinski definition) is 4. The molecule has 0 fully saturated rings. The number of nitrogens with two attached hydrogens (primary N) is 1. The summed E-state index contributed by atoms with van der Waals surface area (Å²) in [5.41, 5.74) is 6.68. The van der Waals surface area contributed by atoms with Gasteiger partial charge in [0.1, 0.15) is 5.82 Å². The number of halogens is 1. The van der Waals surface area contributed by atoms with Crippen LogP contribution in [0.4, 0.5) is 5.13 Å². The van der Waals surface area contributed by atoms with Crippen molar-refractivity contribution in [1.29, 1.82) is 0 Å². The molecule has 72 valence electrons. The van der Waals surface area contributed by atoms with Crippen molar-refractivity contribution in [2.75, 3.05) is 5.73 Å². The summed E-state index contributed by atoms with van der Waals surface area (Å²) in [7, 11) is 0. The summed E-state index contributed by atoms with van der Waals surface area (Å²) in [4.78, 5) is 4.11. The van der Waals surface area contributed by atoms with Gasteiger partial charge in [0.05, 0.1) is 0 Å². The third-order valence-electron chi connectivity index (χ3n) is 1.79. The molecule has 0 saturated heterocycles. The Labute approximate surface area is 94.3 Å². The van der Waals surface area contributed by atoms with Crippen molar-refractivity contribution in [3.05, 3.63) is 40.1 Å². The molecule has 0 spiro atoms. The molecule has 0 aliphatic heterocycles. The minimum absolute atomic E-state index is 0.520. The molecule has 0 unspecified atom stereocenters. The maximum Gasteiger partial charge on any atom is 0.199 e. The van der Waals surface area contributed by atoms with Gasteiger partial charge >= 0.3 is 0 Å². The molecular weight excluding hydrogens is 262 g/mol. The zero-order valence-electron chi connectivity index (χ0n) is 7.27. The van der Waals surface area contributed by atoms with E-state index >= 15 is 0 Å². The Bertz CT molecular complexity index is 441. The number of anilines is 1. The average Bonchev–Trinajstić information content (AvgIpc) is 2.56. The van der Waals surface area contributed by atoms with Crippen molar-refractivity contribution >= 4 is 32.6 Å². The van der Waals surface area contributed by atoms with Crippen LogP contribution >= 0.6 is 27.5 Å². The standard InChI is InChI=1S/C9H8BrN3S/c10-7-4-2-1-3-6(7)5-8-12-9(11)14-13-8/h1-4H,5H2,(H2,11,12,13). The first-order valence-electron chi connectivity index (χ1n) is 4.07. The van der Waals surface area contributed by atoms with E-state index in [1.807, 2.05) is 24.3 Å². The Morgan fingerprint density at radius 2 is 2.14 bits per heavy atom. The number of nitrogens with zero attached hydrogens (tertiary/aromatic N) is 2. The van der Waals surface area contributed by atoms with E-state index in [1.165, 1.54) is 17.1 Å². The van der Waals surface area contributed by atoms with E-state index in [9.17, 15) is 0 Å². The summed E-state index contributed by atoms with van der Waals surface area (Å²) in [6, 6.07) is 8.03. The molecule has 1 heterocycles. The quantitative estimate of drug-likeness (QED) is 0.912. The largest absolute Gasteiger partial charge is 0.374 e. The fraction of sp³-hybridized carbons (Fsp3) is 0.111. The van der Waals surface area contributed by atoms with E-state index in [2.05, 4.69) is 25.3 Å². The maximum absolute atomic E-state index is 5.50. The van der Waals surface area contributed by atoms with Crippen LogP contribution in [0.3, 0.4) is 0 Å². The molecule has 1 aromatic carbocycles. The highest BCUT2D eigenvalue weighted by Crippen LogP contribution is 2.19. The minimum atomic E-state index is 0.520. The lowest BCUT2D eigenvalue weighted by molar-refractivity contribution is 1.03. The zero-order valence-corrected chi connectivity index (χ0v) is 9.68. The van der Waals surface area contributed by atoms with Crippen LogP contribution in [0.25, 0.3) is 0 Å². The molecule has 0 atom stereocenters. The van der Waals surface area contributed by atoms with Crippen molar-refractivity contribution in [1.82, 2.24) is 9.36 Å². The van der Waals surface area contributed by atoms with E-state index in [-0.39, 0.29) is 0 Å². The third kappa shape index (κ3) is 2.10. The summed E-state index contributed by atoms with van der Waals surface area (Å²) >= 11 is 4.71. The predicted octanol–water partition coefficient (Wildman–Crippen LogP) is 2.47. The third-order valence-corrected chi connectivity index (χ3v) is 3.14. The normalized spacial score (nSPS) is 10.4. The number of benzene rings is 1. The molecule has 2 N–H and O–H groups in total. The Kier molecular flexibility index (Phi) is 2.79. The fourth-order valence-electron chi connectivity index (χ4n) is 1.15. The molecular formula is C9H8BrN3S. The molecule has 0 aliphatic rings. The maximum atomic E-state index is 5.50. The highest BCUT2D eigenvalue weighted by molar-refractivity contribution is 9.10. The van der Waals surface area contributed by atoms with Crippen LogP contribution < -0.4 is 5.73 Å². The molecule has 0 radical (unpaired) electrons. The van der Waals surface area contributed by atoms with Crippen LogP contribution in [-0.2, 0) is 6.42 Å². The first kappa shape index (κ1) is 9.61. The zero-order chi connectivity index (χ0) is 9.97. The molecule has 0 aliphatic carbocycles. The van der Waals surface area contributed by atoms with Crippen molar-refractivity contribution in [3.8, 4) is 0 Å². The van der Waals surface area contributed by atoms with Crippen molar-refractivity contribution in [2.45, 2.75) is 6.42 Å². The second-order valence-corrected chi connectivity index (χ2v) is 4.45. The average molecular weight is 270 g/mol. The van der Waals surface area contributed by atoms with Crippen LogP contribution in [0.2, 0.25) is 0 Å². The Hall–Kier alpha value is -0.940. The highest BCUT2D eigenvalue weighted by Gasteiger charge is 2.04. The Morgan fingerprint density at radius 1 is 1.36 bits per heavy atom. The van der Waals surface area contributed by atoms with E-state index < -0.39 is 0 Å². The molecule has 2 aromatic rings. The first-order chi connectivity index (χ1) is 6.75. The van der Waals surface area contributed by atoms with Gasteiger partial charge < -0.3 is 5.73 Å². The van der Waals surface area contributed by atoms with E-state index in [0.717, 1.165) is 16.7 Å². The summed E-state index contributed by atoms with van der Waals surface area (Å²) in [6.45, 7) is 0. The van der Waals surface area contributed by atoms with E-state index in [1.54, 1.807) is 0 Å². The predicted molar refractivity (Wildman–Crippen MR) is 61.3 cm³/mol. The molecule has 14 heavy (non-hydrogen) atoms. The van der Waals surface area contributed by atoms with E-state index in [0.29, 0.717) is 5.13 Å². The number of hydrogen-bond donors (Lipinski definition) is 1. The van der Waals surface area contributed by atoms with Gasteiger partial charge in [-0.05, 0) is 11.6 Å². The summed E-state index contributed by atoms with van der Waals surface area (Å²) in [5, 5.41) is 0.520.